The zero-order chi connectivity index (χ0) is 26.2. The Kier molecular flexibility index (Phi) is 7.06. The molecule has 0 amide bonds. The van der Waals surface area contributed by atoms with E-state index >= 15 is 0 Å². The second kappa shape index (κ2) is 10.1. The average molecular weight is 534 g/mol. The molecule has 37 heavy (non-hydrogen) atoms. The summed E-state index contributed by atoms with van der Waals surface area (Å²) >= 11 is 0. The van der Waals surface area contributed by atoms with Gasteiger partial charge in [0.25, 0.3) is 0 Å². The first-order valence-electron chi connectivity index (χ1n) is 12.6. The summed E-state index contributed by atoms with van der Waals surface area (Å²) in [4.78, 5) is 9.09. The average Bonchev–Trinajstić information content (AvgIpc) is 2.88. The fourth-order valence-electron chi connectivity index (χ4n) is 5.48. The highest BCUT2D eigenvalue weighted by atomic mass is 32.2. The summed E-state index contributed by atoms with van der Waals surface area (Å²) in [5.74, 6) is -0.473. The summed E-state index contributed by atoms with van der Waals surface area (Å²) in [6, 6.07) is 10.6. The number of fused-ring (bicyclic) bond motifs is 1. The Morgan fingerprint density at radius 3 is 2.27 bits per heavy atom. The van der Waals surface area contributed by atoms with Crippen LogP contribution in [0, 0.1) is 6.92 Å². The maximum Gasteiger partial charge on any atom is 0.573 e. The van der Waals surface area contributed by atoms with Gasteiger partial charge in [-0.1, -0.05) is 18.1 Å². The highest BCUT2D eigenvalue weighted by Crippen LogP contribution is 2.38. The van der Waals surface area contributed by atoms with E-state index < -0.39 is 21.9 Å². The molecule has 0 bridgehead atoms. The van der Waals surface area contributed by atoms with E-state index in [-0.39, 0.29) is 9.79 Å². The molecule has 2 saturated heterocycles. The van der Waals surface area contributed by atoms with E-state index in [1.54, 1.807) is 0 Å². The molecule has 0 N–H and O–H groups in total. The first-order valence-corrected chi connectivity index (χ1v) is 14.1. The minimum absolute atomic E-state index is 0.0616. The van der Waals surface area contributed by atoms with Crippen molar-refractivity contribution < 1.29 is 26.3 Å². The van der Waals surface area contributed by atoms with Crippen LogP contribution in [0.2, 0.25) is 0 Å². The number of benzene rings is 2. The van der Waals surface area contributed by atoms with Crippen LogP contribution >= 0.6 is 0 Å². The topological polar surface area (TPSA) is 62.7 Å². The van der Waals surface area contributed by atoms with Gasteiger partial charge in [-0.25, -0.2) is 8.42 Å². The van der Waals surface area contributed by atoms with Crippen LogP contribution in [0.4, 0.5) is 18.9 Å². The summed E-state index contributed by atoms with van der Waals surface area (Å²) in [6.07, 6.45) is 2.14. The fourth-order valence-corrected chi connectivity index (χ4v) is 6.92. The molecule has 0 spiro atoms. The third-order valence-corrected chi connectivity index (χ3v) is 9.08. The monoisotopic (exact) mass is 533 g/mol. The van der Waals surface area contributed by atoms with Gasteiger partial charge in [0.15, 0.2) is 0 Å². The van der Waals surface area contributed by atoms with E-state index in [0.717, 1.165) is 74.2 Å². The summed E-state index contributed by atoms with van der Waals surface area (Å²) < 4.78 is 69.2. The number of likely N-dealkylation sites (tertiary alicyclic amines) is 1. The lowest BCUT2D eigenvalue weighted by Gasteiger charge is -2.41. The first-order chi connectivity index (χ1) is 17.6. The third kappa shape index (κ3) is 5.55. The molecule has 6 nitrogen and oxygen atoms in total. The number of hydrogen-bond donors (Lipinski definition) is 0. The van der Waals surface area contributed by atoms with Crippen molar-refractivity contribution in [1.29, 1.82) is 0 Å². The molecule has 3 heterocycles. The standard InChI is InChI=1S/C27H30F3N3O3S/c1-19-5-10-24-23(17-19)26(33-15-11-20(12-16-33)32-13-3-2-4-14-32)25(18-31-24)37(34,35)22-8-6-21(7-9-22)36-27(28,29)30/h5-10,17-18,20H,2-4,11-16H2,1H3. The van der Waals surface area contributed by atoms with E-state index in [9.17, 15) is 21.6 Å². The highest BCUT2D eigenvalue weighted by Gasteiger charge is 2.33. The van der Waals surface area contributed by atoms with Crippen molar-refractivity contribution >= 4 is 26.4 Å². The van der Waals surface area contributed by atoms with Crippen molar-refractivity contribution in [3.05, 3.63) is 54.2 Å². The maximum atomic E-state index is 13.8. The summed E-state index contributed by atoms with van der Waals surface area (Å²) in [7, 11) is -4.07. The number of ether oxygens (including phenoxy) is 1. The largest absolute Gasteiger partial charge is 0.573 e. The van der Waals surface area contributed by atoms with Gasteiger partial charge < -0.3 is 14.5 Å². The summed E-state index contributed by atoms with van der Waals surface area (Å²) in [5.41, 5.74) is 2.30. The smallest absolute Gasteiger partial charge is 0.406 e. The lowest BCUT2D eigenvalue weighted by Crippen LogP contribution is -2.47. The van der Waals surface area contributed by atoms with E-state index in [2.05, 4.69) is 19.5 Å². The van der Waals surface area contributed by atoms with Crippen LogP contribution in [0.5, 0.6) is 5.75 Å². The maximum absolute atomic E-state index is 13.8. The summed E-state index contributed by atoms with van der Waals surface area (Å²) in [5, 5.41) is 0.759. The SMILES string of the molecule is Cc1ccc2ncc(S(=O)(=O)c3ccc(OC(F)(F)F)cc3)c(N3CCC(N4CCCCC4)CC3)c2c1. The van der Waals surface area contributed by atoms with Gasteiger partial charge in [0, 0.05) is 30.7 Å². The number of hydrogen-bond acceptors (Lipinski definition) is 6. The molecule has 0 atom stereocenters. The van der Waals surface area contributed by atoms with Crippen molar-refractivity contribution in [3.8, 4) is 5.75 Å². The number of alkyl halides is 3. The highest BCUT2D eigenvalue weighted by molar-refractivity contribution is 7.91. The predicted molar refractivity (Wildman–Crippen MR) is 136 cm³/mol. The number of anilines is 1. The van der Waals surface area contributed by atoms with Gasteiger partial charge >= 0.3 is 6.36 Å². The zero-order valence-electron chi connectivity index (χ0n) is 20.7. The predicted octanol–water partition coefficient (Wildman–Crippen LogP) is 5.73. The number of pyridine rings is 1. The number of halogens is 3. The van der Waals surface area contributed by atoms with E-state index in [1.165, 1.54) is 25.5 Å². The molecular formula is C27H30F3N3O3S. The van der Waals surface area contributed by atoms with Crippen LogP contribution < -0.4 is 9.64 Å². The lowest BCUT2D eigenvalue weighted by molar-refractivity contribution is -0.274. The molecule has 0 unspecified atom stereocenters. The van der Waals surface area contributed by atoms with Crippen molar-refractivity contribution in [3.63, 3.8) is 0 Å². The number of sulfone groups is 1. The van der Waals surface area contributed by atoms with Gasteiger partial charge in [-0.05, 0) is 82.1 Å². The van der Waals surface area contributed by atoms with Crippen molar-refractivity contribution in [2.75, 3.05) is 31.1 Å². The molecule has 2 aliphatic rings. The molecule has 198 valence electrons. The Morgan fingerprint density at radius 1 is 0.946 bits per heavy atom. The molecular weight excluding hydrogens is 503 g/mol. The Balaban J connectivity index is 1.51. The van der Waals surface area contributed by atoms with Gasteiger partial charge in [-0.3, -0.25) is 4.98 Å². The van der Waals surface area contributed by atoms with Gasteiger partial charge in [0.1, 0.15) is 10.6 Å². The number of nitrogens with zero attached hydrogens (tertiary/aromatic N) is 3. The first kappa shape index (κ1) is 25.8. The summed E-state index contributed by atoms with van der Waals surface area (Å²) in [6.45, 7) is 5.63. The molecule has 1 aromatic heterocycles. The van der Waals surface area contributed by atoms with E-state index in [0.29, 0.717) is 17.2 Å². The van der Waals surface area contributed by atoms with Crippen LogP contribution in [0.3, 0.4) is 0 Å². The zero-order valence-corrected chi connectivity index (χ0v) is 21.5. The third-order valence-electron chi connectivity index (χ3n) is 7.31. The fraction of sp³-hybridized carbons (Fsp3) is 0.444. The second-order valence-corrected chi connectivity index (χ2v) is 11.7. The van der Waals surface area contributed by atoms with Gasteiger partial charge in [-0.2, -0.15) is 0 Å². The molecule has 3 aromatic rings. The number of piperidine rings is 2. The van der Waals surface area contributed by atoms with Gasteiger partial charge in [0.2, 0.25) is 9.84 Å². The Hall–Kier alpha value is -2.85. The van der Waals surface area contributed by atoms with Crippen LogP contribution in [0.1, 0.15) is 37.7 Å². The van der Waals surface area contributed by atoms with Crippen molar-refractivity contribution in [1.82, 2.24) is 9.88 Å². The van der Waals surface area contributed by atoms with Gasteiger partial charge in [-0.15, -0.1) is 13.2 Å². The van der Waals surface area contributed by atoms with Crippen LogP contribution in [-0.2, 0) is 9.84 Å². The molecule has 2 fully saturated rings. The number of aromatic nitrogens is 1. The van der Waals surface area contributed by atoms with E-state index in [4.69, 9.17) is 0 Å². The van der Waals surface area contributed by atoms with Crippen LogP contribution in [-0.4, -0.2) is 56.9 Å². The lowest BCUT2D eigenvalue weighted by atomic mass is 9.99. The normalized spacial score (nSPS) is 18.3. The molecule has 0 aliphatic carbocycles. The molecule has 2 aromatic carbocycles. The Morgan fingerprint density at radius 2 is 1.62 bits per heavy atom. The van der Waals surface area contributed by atoms with Gasteiger partial charge in [0.05, 0.1) is 16.1 Å². The Labute approximate surface area is 215 Å². The second-order valence-electron chi connectivity index (χ2n) is 9.83. The number of rotatable bonds is 5. The van der Waals surface area contributed by atoms with E-state index in [1.807, 2.05) is 25.1 Å². The minimum Gasteiger partial charge on any atom is -0.406 e. The number of aryl methyl sites for hydroxylation is 1. The molecule has 5 rings (SSSR count). The Bertz CT molecular complexity index is 1360. The minimum atomic E-state index is -4.85. The molecule has 2 aliphatic heterocycles. The molecule has 0 radical (unpaired) electrons. The molecule has 0 saturated carbocycles. The van der Waals surface area contributed by atoms with Crippen LogP contribution in [0.15, 0.2) is 58.5 Å². The van der Waals surface area contributed by atoms with Crippen LogP contribution in [0.25, 0.3) is 10.9 Å². The van der Waals surface area contributed by atoms with Crippen molar-refractivity contribution in [2.45, 2.75) is 61.2 Å². The molecule has 10 heteroatoms. The van der Waals surface area contributed by atoms with Crippen molar-refractivity contribution in [2.24, 2.45) is 0 Å². The quantitative estimate of drug-likeness (QED) is 0.418.